The van der Waals surface area contributed by atoms with E-state index in [1.807, 2.05) is 49.4 Å². The van der Waals surface area contributed by atoms with E-state index in [4.69, 9.17) is 15.2 Å². The first kappa shape index (κ1) is 35.8. The van der Waals surface area contributed by atoms with Crippen LogP contribution in [0.5, 0.6) is 0 Å². The van der Waals surface area contributed by atoms with Gasteiger partial charge >= 0.3 is 12.1 Å². The molecule has 11 heteroatoms. The number of hydrogen-bond acceptors (Lipinski definition) is 7. The Bertz CT molecular complexity index is 1300. The minimum atomic E-state index is -1.41. The molecule has 0 bridgehead atoms. The molecule has 11 nitrogen and oxygen atoms in total. The Hall–Kier alpha value is -4.41. The first-order chi connectivity index (χ1) is 20.4. The summed E-state index contributed by atoms with van der Waals surface area (Å²) in [7, 11) is 1.38. The van der Waals surface area contributed by atoms with Crippen molar-refractivity contribution in [3.05, 3.63) is 71.3 Å². The second-order valence-corrected chi connectivity index (χ2v) is 12.6. The van der Waals surface area contributed by atoms with Gasteiger partial charge in [0, 0.05) is 13.5 Å². The van der Waals surface area contributed by atoms with Crippen molar-refractivity contribution in [2.45, 2.75) is 97.1 Å². The highest BCUT2D eigenvalue weighted by Crippen LogP contribution is 2.23. The van der Waals surface area contributed by atoms with Crippen molar-refractivity contribution in [3.63, 3.8) is 0 Å². The molecule has 3 atom stereocenters. The molecule has 0 saturated heterocycles. The first-order valence-electron chi connectivity index (χ1n) is 14.6. The zero-order chi connectivity index (χ0) is 33.2. The highest BCUT2D eigenvalue weighted by molar-refractivity contribution is 5.95. The summed E-state index contributed by atoms with van der Waals surface area (Å²) in [5, 5.41) is 5.20. The fourth-order valence-corrected chi connectivity index (χ4v) is 4.38. The minimum Gasteiger partial charge on any atom is -0.458 e. The lowest BCUT2D eigenvalue weighted by Crippen LogP contribution is -2.54. The number of benzene rings is 2. The van der Waals surface area contributed by atoms with Crippen LogP contribution in [0.15, 0.2) is 54.6 Å². The number of primary amides is 1. The molecule has 3 unspecified atom stereocenters. The van der Waals surface area contributed by atoms with Gasteiger partial charge in [0.15, 0.2) is 0 Å². The van der Waals surface area contributed by atoms with E-state index in [1.54, 1.807) is 53.7 Å². The number of carbonyl (C=O) groups is 5. The van der Waals surface area contributed by atoms with E-state index >= 15 is 0 Å². The number of nitrogens with one attached hydrogen (secondary N) is 2. The van der Waals surface area contributed by atoms with E-state index in [-0.39, 0.29) is 6.42 Å². The van der Waals surface area contributed by atoms with E-state index in [9.17, 15) is 24.0 Å². The van der Waals surface area contributed by atoms with Crippen molar-refractivity contribution in [1.29, 1.82) is 0 Å². The summed E-state index contributed by atoms with van der Waals surface area (Å²) in [6.07, 6.45) is -0.554. The number of hydrogen-bond donors (Lipinski definition) is 3. The molecule has 0 heterocycles. The number of nitrogens with zero attached hydrogens (tertiary/aromatic N) is 1. The van der Waals surface area contributed by atoms with Gasteiger partial charge in [-0.25, -0.2) is 9.59 Å². The fourth-order valence-electron chi connectivity index (χ4n) is 4.38. The van der Waals surface area contributed by atoms with Gasteiger partial charge in [-0.3, -0.25) is 14.4 Å². The van der Waals surface area contributed by atoms with E-state index in [0.717, 1.165) is 22.4 Å². The van der Waals surface area contributed by atoms with E-state index in [0.29, 0.717) is 5.56 Å². The molecule has 2 aromatic rings. The summed E-state index contributed by atoms with van der Waals surface area (Å²) in [6, 6.07) is 12.5. The van der Waals surface area contributed by atoms with Crippen LogP contribution in [0.1, 0.15) is 77.6 Å². The molecule has 240 valence electrons. The number of nitrogens with two attached hydrogens (primary N) is 1. The fraction of sp³-hybridized carbons (Fsp3) is 0.485. The SMILES string of the molecule is CCc1ccc(C(C(=O)NC(Cc2ccccc2)C(=O)OC(C)(C)C)N(C)C(=O)C(CC(N)=O)NC(=O)OC(C)(C)C)cc1. The number of esters is 1. The van der Waals surface area contributed by atoms with Crippen LogP contribution >= 0.6 is 0 Å². The Morgan fingerprint density at radius 1 is 0.795 bits per heavy atom. The van der Waals surface area contributed by atoms with Crippen LogP contribution in [0, 0.1) is 0 Å². The van der Waals surface area contributed by atoms with Crippen molar-refractivity contribution in [1.82, 2.24) is 15.5 Å². The number of aryl methyl sites for hydroxylation is 1. The predicted octanol–water partition coefficient (Wildman–Crippen LogP) is 3.59. The van der Waals surface area contributed by atoms with Gasteiger partial charge in [0.05, 0.1) is 6.42 Å². The molecule has 0 aliphatic heterocycles. The monoisotopic (exact) mass is 610 g/mol. The van der Waals surface area contributed by atoms with Crippen LogP contribution < -0.4 is 16.4 Å². The third kappa shape index (κ3) is 11.7. The van der Waals surface area contributed by atoms with Crippen LogP contribution in [0.25, 0.3) is 0 Å². The minimum absolute atomic E-state index is 0.144. The molecular formula is C33H46N4O7. The third-order valence-corrected chi connectivity index (χ3v) is 6.37. The van der Waals surface area contributed by atoms with Crippen molar-refractivity contribution < 1.29 is 33.4 Å². The van der Waals surface area contributed by atoms with Crippen molar-refractivity contribution in [3.8, 4) is 0 Å². The normalized spacial score (nSPS) is 13.5. The molecule has 0 spiro atoms. The van der Waals surface area contributed by atoms with Gasteiger partial charge in [-0.2, -0.15) is 0 Å². The Balaban J connectivity index is 2.49. The molecular weight excluding hydrogens is 564 g/mol. The molecule has 44 heavy (non-hydrogen) atoms. The summed E-state index contributed by atoms with van der Waals surface area (Å²) < 4.78 is 10.9. The largest absolute Gasteiger partial charge is 0.458 e. The molecule has 4 N–H and O–H groups in total. The van der Waals surface area contributed by atoms with Crippen LogP contribution in [-0.2, 0) is 41.5 Å². The number of ether oxygens (including phenoxy) is 2. The van der Waals surface area contributed by atoms with Gasteiger partial charge in [0.1, 0.15) is 29.3 Å². The summed E-state index contributed by atoms with van der Waals surface area (Å²) in [5.41, 5.74) is 5.98. The highest BCUT2D eigenvalue weighted by Gasteiger charge is 2.37. The molecule has 0 aromatic heterocycles. The summed E-state index contributed by atoms with van der Waals surface area (Å²) in [4.78, 5) is 66.7. The van der Waals surface area contributed by atoms with E-state index in [2.05, 4.69) is 10.6 Å². The number of likely N-dealkylation sites (N-methyl/N-ethyl adjacent to an activating group) is 1. The summed E-state index contributed by atoms with van der Waals surface area (Å²) in [5.74, 6) is -2.89. The Morgan fingerprint density at radius 2 is 1.36 bits per heavy atom. The van der Waals surface area contributed by atoms with Gasteiger partial charge in [-0.15, -0.1) is 0 Å². The summed E-state index contributed by atoms with van der Waals surface area (Å²) >= 11 is 0. The molecule has 0 aliphatic rings. The second kappa shape index (κ2) is 15.4. The first-order valence-corrected chi connectivity index (χ1v) is 14.6. The molecule has 2 aromatic carbocycles. The quantitative estimate of drug-likeness (QED) is 0.310. The second-order valence-electron chi connectivity index (χ2n) is 12.6. The van der Waals surface area contributed by atoms with Crippen molar-refractivity contribution in [2.75, 3.05) is 7.05 Å². The number of carbonyl (C=O) groups excluding carboxylic acids is 5. The van der Waals surface area contributed by atoms with Crippen LogP contribution in [0.2, 0.25) is 0 Å². The van der Waals surface area contributed by atoms with Gasteiger partial charge in [-0.05, 0) is 64.7 Å². The molecule has 4 amide bonds. The Kier molecular flexibility index (Phi) is 12.5. The number of alkyl carbamates (subject to hydrolysis) is 1. The third-order valence-electron chi connectivity index (χ3n) is 6.37. The maximum atomic E-state index is 14.1. The van der Waals surface area contributed by atoms with Crippen molar-refractivity contribution >= 4 is 29.8 Å². The van der Waals surface area contributed by atoms with Crippen LogP contribution in [0.3, 0.4) is 0 Å². The van der Waals surface area contributed by atoms with Gasteiger partial charge in [0.2, 0.25) is 17.7 Å². The maximum absolute atomic E-state index is 14.1. The standard InChI is InChI=1S/C33H46N4O7/c1-9-21-15-17-23(18-16-21)27(37(8)29(40)24(20-26(34)38)36-31(42)44-33(5,6)7)28(39)35-25(30(41)43-32(2,3)4)19-22-13-11-10-12-14-22/h10-18,24-25,27H,9,19-20H2,1-8H3,(H2,34,38)(H,35,39)(H,36,42). The van der Waals surface area contributed by atoms with E-state index < -0.39 is 65.5 Å². The lowest BCUT2D eigenvalue weighted by atomic mass is 9.99. The van der Waals surface area contributed by atoms with Crippen molar-refractivity contribution in [2.24, 2.45) is 5.73 Å². The molecule has 0 aliphatic carbocycles. The Labute approximate surface area is 259 Å². The average Bonchev–Trinajstić information content (AvgIpc) is 2.90. The zero-order valence-electron chi connectivity index (χ0n) is 26.9. The summed E-state index contributed by atoms with van der Waals surface area (Å²) in [6.45, 7) is 12.1. The molecule has 0 fully saturated rings. The Morgan fingerprint density at radius 3 is 1.86 bits per heavy atom. The van der Waals surface area contributed by atoms with Gasteiger partial charge < -0.3 is 30.7 Å². The molecule has 2 rings (SSSR count). The average molecular weight is 611 g/mol. The smallest absolute Gasteiger partial charge is 0.408 e. The van der Waals surface area contributed by atoms with Gasteiger partial charge in [-0.1, -0.05) is 61.5 Å². The van der Waals surface area contributed by atoms with Gasteiger partial charge in [0.25, 0.3) is 0 Å². The topological polar surface area (TPSA) is 157 Å². The maximum Gasteiger partial charge on any atom is 0.408 e. The zero-order valence-corrected chi connectivity index (χ0v) is 26.9. The molecule has 0 radical (unpaired) electrons. The number of amides is 4. The predicted molar refractivity (Wildman–Crippen MR) is 166 cm³/mol. The molecule has 0 saturated carbocycles. The lowest BCUT2D eigenvalue weighted by Gasteiger charge is -2.32. The van der Waals surface area contributed by atoms with Crippen LogP contribution in [-0.4, -0.2) is 65.0 Å². The van der Waals surface area contributed by atoms with Crippen LogP contribution in [0.4, 0.5) is 4.79 Å². The lowest BCUT2D eigenvalue weighted by molar-refractivity contribution is -0.159. The number of rotatable bonds is 12. The van der Waals surface area contributed by atoms with E-state index in [1.165, 1.54) is 7.05 Å². The highest BCUT2D eigenvalue weighted by atomic mass is 16.6.